The summed E-state index contributed by atoms with van der Waals surface area (Å²) >= 11 is 0. The summed E-state index contributed by atoms with van der Waals surface area (Å²) in [6.07, 6.45) is 12.1. The Kier molecular flexibility index (Phi) is 4.88. The van der Waals surface area contributed by atoms with Crippen molar-refractivity contribution in [1.29, 1.82) is 0 Å². The van der Waals surface area contributed by atoms with Gasteiger partial charge >= 0.3 is 0 Å². The lowest BCUT2D eigenvalue weighted by Crippen LogP contribution is -2.22. The highest BCUT2D eigenvalue weighted by molar-refractivity contribution is 5.86. The average molecular weight is 343 g/mol. The molecule has 1 aliphatic heterocycles. The number of anilines is 1. The third-order valence-electron chi connectivity index (χ3n) is 5.71. The van der Waals surface area contributed by atoms with Crippen LogP contribution >= 0.6 is 0 Å². The van der Waals surface area contributed by atoms with Crippen LogP contribution in [0.25, 0.3) is 11.0 Å². The summed E-state index contributed by atoms with van der Waals surface area (Å²) in [5.74, 6) is 2.56. The summed E-state index contributed by atoms with van der Waals surface area (Å²) in [5, 5.41) is 5.48. The van der Waals surface area contributed by atoms with Crippen molar-refractivity contribution >= 4 is 16.9 Å². The zero-order chi connectivity index (χ0) is 17.2. The van der Waals surface area contributed by atoms with Crippen LogP contribution in [-0.2, 0) is 11.8 Å². The van der Waals surface area contributed by atoms with Gasteiger partial charge in [-0.15, -0.1) is 0 Å². The van der Waals surface area contributed by atoms with Gasteiger partial charge in [0.25, 0.3) is 0 Å². The molecule has 0 amide bonds. The Labute approximate surface area is 149 Å². The molecule has 0 radical (unpaired) electrons. The molecule has 136 valence electrons. The fourth-order valence-corrected chi connectivity index (χ4v) is 4.22. The topological polar surface area (TPSA) is 56.1 Å². The first kappa shape index (κ1) is 16.8. The van der Waals surface area contributed by atoms with E-state index in [1.165, 1.54) is 38.5 Å². The standard InChI is InChI=1S/C19H29N5O/c1-23(11-5-9-15-10-6-12-25-15)18-16-13-20-24(2)19(16)22-17(21-18)14-7-3-4-8-14/h13-15H,3-12H2,1-2H3. The van der Waals surface area contributed by atoms with Crippen LogP contribution in [0.2, 0.25) is 0 Å². The minimum Gasteiger partial charge on any atom is -0.378 e. The second kappa shape index (κ2) is 7.28. The van der Waals surface area contributed by atoms with Gasteiger partial charge in [-0.1, -0.05) is 12.8 Å². The maximum Gasteiger partial charge on any atom is 0.163 e. The third kappa shape index (κ3) is 3.50. The normalized spacial score (nSPS) is 21.4. The maximum absolute atomic E-state index is 5.74. The first-order valence-electron chi connectivity index (χ1n) is 9.75. The first-order chi connectivity index (χ1) is 12.2. The van der Waals surface area contributed by atoms with Gasteiger partial charge in [-0.2, -0.15) is 5.10 Å². The Balaban J connectivity index is 1.53. The summed E-state index contributed by atoms with van der Waals surface area (Å²) in [5.41, 5.74) is 0.956. The number of ether oxygens (including phenoxy) is 1. The van der Waals surface area contributed by atoms with E-state index in [-0.39, 0.29) is 0 Å². The lowest BCUT2D eigenvalue weighted by Gasteiger charge is -2.21. The maximum atomic E-state index is 5.74. The Morgan fingerprint density at radius 3 is 2.80 bits per heavy atom. The van der Waals surface area contributed by atoms with E-state index in [0.29, 0.717) is 12.0 Å². The van der Waals surface area contributed by atoms with Crippen molar-refractivity contribution in [2.75, 3.05) is 25.1 Å². The highest BCUT2D eigenvalue weighted by Crippen LogP contribution is 2.34. The number of hydrogen-bond donors (Lipinski definition) is 0. The third-order valence-corrected chi connectivity index (χ3v) is 5.71. The van der Waals surface area contributed by atoms with Crippen molar-refractivity contribution in [3.63, 3.8) is 0 Å². The van der Waals surface area contributed by atoms with Crippen LogP contribution in [0, 0.1) is 0 Å². The zero-order valence-corrected chi connectivity index (χ0v) is 15.4. The average Bonchev–Trinajstić information content (AvgIpc) is 3.36. The van der Waals surface area contributed by atoms with Crippen molar-refractivity contribution in [1.82, 2.24) is 19.7 Å². The highest BCUT2D eigenvalue weighted by atomic mass is 16.5. The molecular weight excluding hydrogens is 314 g/mol. The van der Waals surface area contributed by atoms with Gasteiger partial charge in [-0.25, -0.2) is 9.97 Å². The Bertz CT molecular complexity index is 716. The summed E-state index contributed by atoms with van der Waals surface area (Å²) in [6.45, 7) is 1.93. The predicted octanol–water partition coefficient (Wildman–Crippen LogP) is 3.42. The molecule has 6 nitrogen and oxygen atoms in total. The molecule has 3 heterocycles. The Hall–Kier alpha value is -1.69. The molecular formula is C19H29N5O. The van der Waals surface area contributed by atoms with Gasteiger partial charge in [0.15, 0.2) is 5.65 Å². The van der Waals surface area contributed by atoms with Gasteiger partial charge in [0.05, 0.1) is 17.7 Å². The smallest absolute Gasteiger partial charge is 0.163 e. The molecule has 1 atom stereocenters. The number of rotatable bonds is 6. The highest BCUT2D eigenvalue weighted by Gasteiger charge is 2.23. The molecule has 2 aliphatic rings. The molecule has 2 aromatic heterocycles. The molecule has 1 aliphatic carbocycles. The van der Waals surface area contributed by atoms with Crippen LogP contribution in [0.15, 0.2) is 6.20 Å². The number of aryl methyl sites for hydroxylation is 1. The van der Waals surface area contributed by atoms with E-state index in [9.17, 15) is 0 Å². The SMILES string of the molecule is CN(CCCC1CCCO1)c1nc(C2CCCC2)nc2c1cnn2C. The van der Waals surface area contributed by atoms with Crippen LogP contribution in [0.3, 0.4) is 0 Å². The largest absolute Gasteiger partial charge is 0.378 e. The van der Waals surface area contributed by atoms with E-state index < -0.39 is 0 Å². The van der Waals surface area contributed by atoms with E-state index in [2.05, 4.69) is 17.0 Å². The first-order valence-corrected chi connectivity index (χ1v) is 9.75. The molecule has 2 fully saturated rings. The summed E-state index contributed by atoms with van der Waals surface area (Å²) in [4.78, 5) is 12.1. The van der Waals surface area contributed by atoms with Crippen LogP contribution < -0.4 is 4.90 Å². The summed E-state index contributed by atoms with van der Waals surface area (Å²) in [7, 11) is 4.11. The van der Waals surface area contributed by atoms with Crippen LogP contribution in [0.1, 0.15) is 63.1 Å². The minimum absolute atomic E-state index is 0.464. The van der Waals surface area contributed by atoms with Crippen molar-refractivity contribution in [2.45, 2.75) is 63.4 Å². The van der Waals surface area contributed by atoms with Crippen LogP contribution in [0.4, 0.5) is 5.82 Å². The Morgan fingerprint density at radius 2 is 2.04 bits per heavy atom. The van der Waals surface area contributed by atoms with E-state index >= 15 is 0 Å². The molecule has 0 bridgehead atoms. The molecule has 6 heteroatoms. The molecule has 1 saturated carbocycles. The van der Waals surface area contributed by atoms with Crippen LogP contribution in [-0.4, -0.2) is 46.1 Å². The van der Waals surface area contributed by atoms with E-state index in [0.717, 1.165) is 48.7 Å². The molecule has 2 aromatic rings. The van der Waals surface area contributed by atoms with Crippen molar-refractivity contribution in [3.05, 3.63) is 12.0 Å². The lowest BCUT2D eigenvalue weighted by molar-refractivity contribution is 0.103. The molecule has 0 aromatic carbocycles. The van der Waals surface area contributed by atoms with Gasteiger partial charge in [0, 0.05) is 33.2 Å². The molecule has 0 spiro atoms. The molecule has 1 saturated heterocycles. The molecule has 4 rings (SSSR count). The minimum atomic E-state index is 0.464. The fourth-order valence-electron chi connectivity index (χ4n) is 4.22. The molecule has 25 heavy (non-hydrogen) atoms. The van der Waals surface area contributed by atoms with E-state index in [1.807, 2.05) is 17.9 Å². The second-order valence-corrected chi connectivity index (χ2v) is 7.59. The van der Waals surface area contributed by atoms with Gasteiger partial charge in [0.1, 0.15) is 11.6 Å². The number of aromatic nitrogens is 4. The van der Waals surface area contributed by atoms with Gasteiger partial charge < -0.3 is 9.64 Å². The predicted molar refractivity (Wildman–Crippen MR) is 99.0 cm³/mol. The van der Waals surface area contributed by atoms with Crippen molar-refractivity contribution in [3.8, 4) is 0 Å². The van der Waals surface area contributed by atoms with Gasteiger partial charge in [-0.3, -0.25) is 4.68 Å². The monoisotopic (exact) mass is 343 g/mol. The van der Waals surface area contributed by atoms with Gasteiger partial charge in [-0.05, 0) is 38.5 Å². The Morgan fingerprint density at radius 1 is 1.20 bits per heavy atom. The van der Waals surface area contributed by atoms with Crippen LogP contribution in [0.5, 0.6) is 0 Å². The fraction of sp³-hybridized carbons (Fsp3) is 0.737. The van der Waals surface area contributed by atoms with E-state index in [4.69, 9.17) is 14.7 Å². The van der Waals surface area contributed by atoms with E-state index in [1.54, 1.807) is 0 Å². The quantitative estimate of drug-likeness (QED) is 0.804. The summed E-state index contributed by atoms with van der Waals surface area (Å²) in [6, 6.07) is 0. The van der Waals surface area contributed by atoms with Crippen molar-refractivity contribution < 1.29 is 4.74 Å². The number of nitrogens with zero attached hydrogens (tertiary/aromatic N) is 5. The second-order valence-electron chi connectivity index (χ2n) is 7.59. The molecule has 0 N–H and O–H groups in total. The zero-order valence-electron chi connectivity index (χ0n) is 15.4. The lowest BCUT2D eigenvalue weighted by atomic mass is 10.1. The van der Waals surface area contributed by atoms with Crippen molar-refractivity contribution in [2.24, 2.45) is 7.05 Å². The summed E-state index contributed by atoms with van der Waals surface area (Å²) < 4.78 is 7.62. The van der Waals surface area contributed by atoms with Gasteiger partial charge in [0.2, 0.25) is 0 Å². The molecule has 1 unspecified atom stereocenters. The number of fused-ring (bicyclic) bond motifs is 1. The number of hydrogen-bond acceptors (Lipinski definition) is 5.